The van der Waals surface area contributed by atoms with Crippen LogP contribution in [0.4, 0.5) is 5.69 Å². The van der Waals surface area contributed by atoms with Gasteiger partial charge in [0.05, 0.1) is 16.5 Å². The highest BCUT2D eigenvalue weighted by Crippen LogP contribution is 2.29. The van der Waals surface area contributed by atoms with Gasteiger partial charge in [-0.25, -0.2) is 4.98 Å². The van der Waals surface area contributed by atoms with Crippen LogP contribution in [0.2, 0.25) is 5.02 Å². The third kappa shape index (κ3) is 3.37. The van der Waals surface area contributed by atoms with Gasteiger partial charge < -0.3 is 4.90 Å². The summed E-state index contributed by atoms with van der Waals surface area (Å²) >= 11 is 7.29. The van der Waals surface area contributed by atoms with E-state index in [-0.39, 0.29) is 16.3 Å². The van der Waals surface area contributed by atoms with Crippen molar-refractivity contribution in [2.45, 2.75) is 13.5 Å². The third-order valence-electron chi connectivity index (χ3n) is 2.81. The zero-order valence-electron chi connectivity index (χ0n) is 11.4. The van der Waals surface area contributed by atoms with Gasteiger partial charge in [-0.2, -0.15) is 0 Å². The molecule has 21 heavy (non-hydrogen) atoms. The molecule has 110 valence electrons. The Morgan fingerprint density at radius 2 is 2.24 bits per heavy atom. The molecule has 0 aliphatic heterocycles. The maximum absolute atomic E-state index is 12.4. The lowest BCUT2D eigenvalue weighted by molar-refractivity contribution is -0.385. The Morgan fingerprint density at radius 3 is 2.81 bits per heavy atom. The lowest BCUT2D eigenvalue weighted by Gasteiger charge is -2.16. The number of nitro benzene ring substituents is 1. The van der Waals surface area contributed by atoms with Gasteiger partial charge in [-0.3, -0.25) is 14.9 Å². The van der Waals surface area contributed by atoms with E-state index >= 15 is 0 Å². The average molecular weight is 326 g/mol. The molecule has 0 aliphatic rings. The molecule has 1 amide bonds. The highest BCUT2D eigenvalue weighted by molar-refractivity contribution is 7.11. The molecule has 0 radical (unpaired) electrons. The number of nitrogens with zero attached hydrogens (tertiary/aromatic N) is 3. The van der Waals surface area contributed by atoms with Crippen molar-refractivity contribution in [3.8, 4) is 0 Å². The molecule has 0 unspecified atom stereocenters. The van der Waals surface area contributed by atoms with Gasteiger partial charge in [0, 0.05) is 18.1 Å². The molecule has 0 aliphatic carbocycles. The monoisotopic (exact) mass is 325 g/mol. The van der Waals surface area contributed by atoms with Crippen LogP contribution in [-0.2, 0) is 6.54 Å². The van der Waals surface area contributed by atoms with Gasteiger partial charge in [0.15, 0.2) is 0 Å². The van der Waals surface area contributed by atoms with Crippen molar-refractivity contribution < 1.29 is 9.72 Å². The van der Waals surface area contributed by atoms with Crippen molar-refractivity contribution in [1.29, 1.82) is 0 Å². The molecule has 2 aromatic rings. The molecule has 0 spiro atoms. The molecule has 0 saturated heterocycles. The Bertz CT molecular complexity index is 702. The number of benzene rings is 1. The number of carbonyl (C=O) groups excluding carboxylic acids is 1. The molecule has 1 aromatic heterocycles. The Labute approximate surface area is 130 Å². The van der Waals surface area contributed by atoms with Crippen LogP contribution < -0.4 is 0 Å². The van der Waals surface area contributed by atoms with E-state index in [1.807, 2.05) is 6.92 Å². The molecule has 8 heteroatoms. The van der Waals surface area contributed by atoms with Gasteiger partial charge in [0.1, 0.15) is 10.6 Å². The van der Waals surface area contributed by atoms with E-state index in [2.05, 4.69) is 4.98 Å². The van der Waals surface area contributed by atoms with Gasteiger partial charge in [0.25, 0.3) is 5.91 Å². The van der Waals surface area contributed by atoms with Crippen molar-refractivity contribution in [3.63, 3.8) is 0 Å². The number of carbonyl (C=O) groups is 1. The summed E-state index contributed by atoms with van der Waals surface area (Å²) in [4.78, 5) is 29.2. The van der Waals surface area contributed by atoms with Crippen molar-refractivity contribution >= 4 is 34.5 Å². The van der Waals surface area contributed by atoms with E-state index in [9.17, 15) is 14.9 Å². The summed E-state index contributed by atoms with van der Waals surface area (Å²) in [6, 6.07) is 4.32. The van der Waals surface area contributed by atoms with E-state index in [1.54, 1.807) is 13.2 Å². The molecule has 1 aromatic carbocycles. The highest BCUT2D eigenvalue weighted by atomic mass is 35.5. The number of aromatic nitrogens is 1. The lowest BCUT2D eigenvalue weighted by atomic mass is 10.1. The van der Waals surface area contributed by atoms with Gasteiger partial charge in [-0.15, -0.1) is 11.3 Å². The number of thiazole rings is 1. The zero-order valence-corrected chi connectivity index (χ0v) is 12.9. The maximum atomic E-state index is 12.4. The van der Waals surface area contributed by atoms with Crippen molar-refractivity contribution in [2.24, 2.45) is 0 Å². The van der Waals surface area contributed by atoms with Crippen LogP contribution in [0.3, 0.4) is 0 Å². The minimum Gasteiger partial charge on any atom is -0.336 e. The topological polar surface area (TPSA) is 76.3 Å². The van der Waals surface area contributed by atoms with Gasteiger partial charge >= 0.3 is 5.69 Å². The largest absolute Gasteiger partial charge is 0.336 e. The highest BCUT2D eigenvalue weighted by Gasteiger charge is 2.25. The number of amides is 1. The Balaban J connectivity index is 2.27. The third-order valence-corrected chi connectivity index (χ3v) is 4.01. The van der Waals surface area contributed by atoms with E-state index in [4.69, 9.17) is 11.6 Å². The van der Waals surface area contributed by atoms with Gasteiger partial charge in [-0.05, 0) is 19.1 Å². The van der Waals surface area contributed by atoms with E-state index in [1.165, 1.54) is 34.4 Å². The molecule has 0 N–H and O–H groups in total. The molecular formula is C13H12ClN3O3S. The second-order valence-corrected chi connectivity index (χ2v) is 6.13. The summed E-state index contributed by atoms with van der Waals surface area (Å²) in [5.41, 5.74) is -0.382. The molecule has 0 saturated carbocycles. The van der Waals surface area contributed by atoms with E-state index < -0.39 is 10.8 Å². The van der Waals surface area contributed by atoms with E-state index in [0.717, 1.165) is 9.88 Å². The normalized spacial score (nSPS) is 10.4. The first-order valence-electron chi connectivity index (χ1n) is 6.00. The van der Waals surface area contributed by atoms with Crippen LogP contribution in [0, 0.1) is 17.0 Å². The average Bonchev–Trinajstić information content (AvgIpc) is 2.82. The van der Waals surface area contributed by atoms with Crippen molar-refractivity contribution in [3.05, 3.63) is 55.0 Å². The number of halogens is 1. The lowest BCUT2D eigenvalue weighted by Crippen LogP contribution is -2.26. The van der Waals surface area contributed by atoms with Crippen LogP contribution in [0.15, 0.2) is 24.4 Å². The Morgan fingerprint density at radius 1 is 1.52 bits per heavy atom. The van der Waals surface area contributed by atoms with Crippen molar-refractivity contribution in [2.75, 3.05) is 7.05 Å². The van der Waals surface area contributed by atoms with Gasteiger partial charge in [-0.1, -0.05) is 17.7 Å². The number of nitro groups is 1. The fraction of sp³-hybridized carbons (Fsp3) is 0.231. The van der Waals surface area contributed by atoms with E-state index in [0.29, 0.717) is 6.54 Å². The fourth-order valence-corrected chi connectivity index (χ4v) is 2.96. The number of hydrogen-bond donors (Lipinski definition) is 0. The van der Waals surface area contributed by atoms with Crippen LogP contribution in [0.1, 0.15) is 20.2 Å². The number of rotatable bonds is 4. The standard InChI is InChI=1S/C13H12ClN3O3S/c1-8-15-6-9(21-8)7-16(2)13(18)10-4-3-5-11(14)12(10)17(19)20/h3-6H,7H2,1-2H3. The Kier molecular flexibility index (Phi) is 4.54. The van der Waals surface area contributed by atoms with Crippen molar-refractivity contribution in [1.82, 2.24) is 9.88 Å². The summed E-state index contributed by atoms with van der Waals surface area (Å²) < 4.78 is 0. The number of aryl methyl sites for hydroxylation is 1. The minimum absolute atomic E-state index is 0.0174. The first-order chi connectivity index (χ1) is 9.90. The predicted molar refractivity (Wildman–Crippen MR) is 80.8 cm³/mol. The summed E-state index contributed by atoms with van der Waals surface area (Å²) in [5, 5.41) is 11.9. The molecule has 0 fully saturated rings. The first kappa shape index (κ1) is 15.4. The Hall–Kier alpha value is -1.99. The minimum atomic E-state index is -0.639. The second-order valence-electron chi connectivity index (χ2n) is 4.40. The number of para-hydroxylation sites is 1. The van der Waals surface area contributed by atoms with Crippen LogP contribution >= 0.6 is 22.9 Å². The predicted octanol–water partition coefficient (Wildman–Crippen LogP) is 3.29. The first-order valence-corrected chi connectivity index (χ1v) is 7.19. The van der Waals surface area contributed by atoms with Crippen LogP contribution in [0.25, 0.3) is 0 Å². The molecule has 0 atom stereocenters. The molecule has 2 rings (SSSR count). The summed E-state index contributed by atoms with van der Waals surface area (Å²) in [7, 11) is 1.59. The zero-order chi connectivity index (χ0) is 15.6. The summed E-state index contributed by atoms with van der Waals surface area (Å²) in [5.74, 6) is -0.449. The second kappa shape index (κ2) is 6.19. The van der Waals surface area contributed by atoms with Gasteiger partial charge in [0.2, 0.25) is 0 Å². The summed E-state index contributed by atoms with van der Waals surface area (Å²) in [6.07, 6.45) is 1.69. The molecule has 0 bridgehead atoms. The SMILES string of the molecule is Cc1ncc(CN(C)C(=O)c2cccc(Cl)c2[N+](=O)[O-])s1. The smallest absolute Gasteiger partial charge is 0.300 e. The van der Waals surface area contributed by atoms with Crippen LogP contribution in [-0.4, -0.2) is 27.8 Å². The molecular weight excluding hydrogens is 314 g/mol. The van der Waals surface area contributed by atoms with Crippen LogP contribution in [0.5, 0.6) is 0 Å². The maximum Gasteiger partial charge on any atom is 0.300 e. The summed E-state index contributed by atoms with van der Waals surface area (Å²) in [6.45, 7) is 2.21. The molecule has 6 nitrogen and oxygen atoms in total. The number of hydrogen-bond acceptors (Lipinski definition) is 5. The quantitative estimate of drug-likeness (QED) is 0.638. The molecule has 1 heterocycles. The fourth-order valence-electron chi connectivity index (χ4n) is 1.86.